The van der Waals surface area contributed by atoms with Crippen molar-refractivity contribution in [2.75, 3.05) is 5.32 Å². The van der Waals surface area contributed by atoms with E-state index < -0.39 is 0 Å². The second-order valence-corrected chi connectivity index (χ2v) is 5.29. The fourth-order valence-electron chi connectivity index (χ4n) is 1.92. The molecule has 3 rings (SSSR count). The van der Waals surface area contributed by atoms with Gasteiger partial charge in [0.05, 0.1) is 17.9 Å². The highest BCUT2D eigenvalue weighted by Gasteiger charge is 2.01. The van der Waals surface area contributed by atoms with Gasteiger partial charge in [-0.2, -0.15) is 5.10 Å². The molecule has 0 aliphatic carbocycles. The molecule has 2 heterocycles. The SMILES string of the molecule is Brc1ccc(CNc2cccc(-c3ccn[nH]3)c2)nc1. The van der Waals surface area contributed by atoms with Gasteiger partial charge in [0.2, 0.25) is 0 Å². The minimum Gasteiger partial charge on any atom is -0.379 e. The standard InChI is InChI=1S/C15H13BrN4/c16-12-4-5-14(17-9-12)10-18-13-3-1-2-11(8-13)15-6-7-19-20-15/h1-9,18H,10H2,(H,19,20). The Kier molecular flexibility index (Phi) is 3.78. The number of halogens is 1. The van der Waals surface area contributed by atoms with Gasteiger partial charge in [0, 0.05) is 28.1 Å². The normalized spacial score (nSPS) is 10.4. The third-order valence-electron chi connectivity index (χ3n) is 2.94. The van der Waals surface area contributed by atoms with Crippen LogP contribution in [0.25, 0.3) is 11.3 Å². The minimum atomic E-state index is 0.694. The zero-order valence-electron chi connectivity index (χ0n) is 10.7. The van der Waals surface area contributed by atoms with Crippen LogP contribution in [0, 0.1) is 0 Å². The van der Waals surface area contributed by atoms with E-state index in [2.05, 4.69) is 48.6 Å². The number of benzene rings is 1. The number of aromatic amines is 1. The van der Waals surface area contributed by atoms with Crippen molar-refractivity contribution in [3.63, 3.8) is 0 Å². The summed E-state index contributed by atoms with van der Waals surface area (Å²) in [6.07, 6.45) is 3.55. The van der Waals surface area contributed by atoms with E-state index in [4.69, 9.17) is 0 Å². The summed E-state index contributed by atoms with van der Waals surface area (Å²) in [7, 11) is 0. The van der Waals surface area contributed by atoms with Gasteiger partial charge in [0.15, 0.2) is 0 Å². The Morgan fingerprint density at radius 1 is 1.15 bits per heavy atom. The maximum absolute atomic E-state index is 4.34. The lowest BCUT2D eigenvalue weighted by Crippen LogP contribution is -2.01. The zero-order valence-corrected chi connectivity index (χ0v) is 12.3. The van der Waals surface area contributed by atoms with Crippen molar-refractivity contribution >= 4 is 21.6 Å². The van der Waals surface area contributed by atoms with Gasteiger partial charge in [-0.15, -0.1) is 0 Å². The van der Waals surface area contributed by atoms with Crippen molar-refractivity contribution in [2.24, 2.45) is 0 Å². The highest BCUT2D eigenvalue weighted by Crippen LogP contribution is 2.20. The van der Waals surface area contributed by atoms with Gasteiger partial charge in [0.25, 0.3) is 0 Å². The van der Waals surface area contributed by atoms with E-state index in [-0.39, 0.29) is 0 Å². The average Bonchev–Trinajstić information content (AvgIpc) is 3.01. The molecule has 0 fully saturated rings. The first-order chi connectivity index (χ1) is 9.81. The van der Waals surface area contributed by atoms with Crippen LogP contribution in [0.1, 0.15) is 5.69 Å². The van der Waals surface area contributed by atoms with Crippen LogP contribution in [0.4, 0.5) is 5.69 Å². The van der Waals surface area contributed by atoms with Crippen molar-refractivity contribution in [2.45, 2.75) is 6.54 Å². The molecule has 0 bridgehead atoms. The number of hydrogen-bond acceptors (Lipinski definition) is 3. The molecule has 3 aromatic rings. The molecule has 0 amide bonds. The molecule has 20 heavy (non-hydrogen) atoms. The van der Waals surface area contributed by atoms with E-state index in [0.717, 1.165) is 27.1 Å². The predicted molar refractivity (Wildman–Crippen MR) is 83.3 cm³/mol. The lowest BCUT2D eigenvalue weighted by atomic mass is 10.1. The van der Waals surface area contributed by atoms with E-state index in [1.807, 2.05) is 30.3 Å². The summed E-state index contributed by atoms with van der Waals surface area (Å²) in [5.41, 5.74) is 4.17. The number of nitrogens with one attached hydrogen (secondary N) is 2. The molecule has 2 aromatic heterocycles. The second kappa shape index (κ2) is 5.88. The van der Waals surface area contributed by atoms with Crippen LogP contribution in [-0.4, -0.2) is 15.2 Å². The van der Waals surface area contributed by atoms with Crippen LogP contribution in [0.5, 0.6) is 0 Å². The molecule has 100 valence electrons. The van der Waals surface area contributed by atoms with Crippen molar-refractivity contribution in [1.29, 1.82) is 0 Å². The Morgan fingerprint density at radius 3 is 2.85 bits per heavy atom. The molecular formula is C15H13BrN4. The lowest BCUT2D eigenvalue weighted by Gasteiger charge is -2.07. The Labute approximate surface area is 125 Å². The van der Waals surface area contributed by atoms with Crippen molar-refractivity contribution in [1.82, 2.24) is 15.2 Å². The Balaban J connectivity index is 1.72. The smallest absolute Gasteiger partial charge is 0.0650 e. The summed E-state index contributed by atoms with van der Waals surface area (Å²) in [4.78, 5) is 4.34. The van der Waals surface area contributed by atoms with E-state index in [0.29, 0.717) is 6.54 Å². The Bertz CT molecular complexity index is 677. The van der Waals surface area contributed by atoms with Crippen LogP contribution in [0.15, 0.2) is 59.3 Å². The number of rotatable bonds is 4. The highest BCUT2D eigenvalue weighted by molar-refractivity contribution is 9.10. The highest BCUT2D eigenvalue weighted by atomic mass is 79.9. The number of aromatic nitrogens is 3. The van der Waals surface area contributed by atoms with Crippen molar-refractivity contribution in [3.8, 4) is 11.3 Å². The van der Waals surface area contributed by atoms with E-state index >= 15 is 0 Å². The van der Waals surface area contributed by atoms with Gasteiger partial charge in [-0.1, -0.05) is 12.1 Å². The first-order valence-electron chi connectivity index (χ1n) is 6.25. The molecule has 0 aliphatic rings. The van der Waals surface area contributed by atoms with Crippen molar-refractivity contribution in [3.05, 3.63) is 65.0 Å². The molecule has 5 heteroatoms. The molecule has 0 saturated heterocycles. The largest absolute Gasteiger partial charge is 0.379 e. The molecule has 0 atom stereocenters. The minimum absolute atomic E-state index is 0.694. The topological polar surface area (TPSA) is 53.6 Å². The van der Waals surface area contributed by atoms with E-state index in [1.165, 1.54) is 0 Å². The van der Waals surface area contributed by atoms with Crippen LogP contribution in [0.3, 0.4) is 0 Å². The number of anilines is 1. The Hall–Kier alpha value is -2.14. The lowest BCUT2D eigenvalue weighted by molar-refractivity contribution is 1.04. The summed E-state index contributed by atoms with van der Waals surface area (Å²) in [6, 6.07) is 14.1. The maximum Gasteiger partial charge on any atom is 0.0650 e. The third kappa shape index (κ3) is 3.05. The molecule has 1 aromatic carbocycles. The molecule has 0 spiro atoms. The molecule has 0 aliphatic heterocycles. The number of hydrogen-bond donors (Lipinski definition) is 2. The van der Waals surface area contributed by atoms with E-state index in [1.54, 1.807) is 12.4 Å². The average molecular weight is 329 g/mol. The molecule has 4 nitrogen and oxygen atoms in total. The summed E-state index contributed by atoms with van der Waals surface area (Å²) in [6.45, 7) is 0.694. The first kappa shape index (κ1) is 12.9. The van der Waals surface area contributed by atoms with Crippen LogP contribution >= 0.6 is 15.9 Å². The van der Waals surface area contributed by atoms with Crippen LogP contribution < -0.4 is 5.32 Å². The third-order valence-corrected chi connectivity index (χ3v) is 3.41. The number of nitrogens with zero attached hydrogens (tertiary/aromatic N) is 2. The molecular weight excluding hydrogens is 316 g/mol. The maximum atomic E-state index is 4.34. The van der Waals surface area contributed by atoms with Crippen LogP contribution in [0.2, 0.25) is 0 Å². The van der Waals surface area contributed by atoms with Crippen LogP contribution in [-0.2, 0) is 6.54 Å². The quantitative estimate of drug-likeness (QED) is 0.764. The van der Waals surface area contributed by atoms with Gasteiger partial charge in [-0.25, -0.2) is 0 Å². The van der Waals surface area contributed by atoms with Crippen molar-refractivity contribution < 1.29 is 0 Å². The Morgan fingerprint density at radius 2 is 2.10 bits per heavy atom. The zero-order chi connectivity index (χ0) is 13.8. The van der Waals surface area contributed by atoms with Gasteiger partial charge in [-0.3, -0.25) is 10.1 Å². The molecule has 0 unspecified atom stereocenters. The first-order valence-corrected chi connectivity index (χ1v) is 7.05. The summed E-state index contributed by atoms with van der Waals surface area (Å²) in [5.74, 6) is 0. The summed E-state index contributed by atoms with van der Waals surface area (Å²) < 4.78 is 0.988. The fourth-order valence-corrected chi connectivity index (χ4v) is 2.15. The van der Waals surface area contributed by atoms with Gasteiger partial charge in [0.1, 0.15) is 0 Å². The van der Waals surface area contributed by atoms with E-state index in [9.17, 15) is 0 Å². The monoisotopic (exact) mass is 328 g/mol. The van der Waals surface area contributed by atoms with Gasteiger partial charge < -0.3 is 5.32 Å². The number of pyridine rings is 1. The van der Waals surface area contributed by atoms with Gasteiger partial charge in [-0.05, 0) is 46.3 Å². The van der Waals surface area contributed by atoms with Gasteiger partial charge >= 0.3 is 0 Å². The molecule has 0 radical (unpaired) electrons. The second-order valence-electron chi connectivity index (χ2n) is 4.37. The molecule has 0 saturated carbocycles. The summed E-state index contributed by atoms with van der Waals surface area (Å²) in [5, 5.41) is 10.3. The fraction of sp³-hybridized carbons (Fsp3) is 0.0667. The summed E-state index contributed by atoms with van der Waals surface area (Å²) >= 11 is 3.38. The molecule has 2 N–H and O–H groups in total. The predicted octanol–water partition coefficient (Wildman–Crippen LogP) is 3.85. The number of H-pyrrole nitrogens is 1.